The third kappa shape index (κ3) is 3.48. The van der Waals surface area contributed by atoms with E-state index >= 15 is 0 Å². The van der Waals surface area contributed by atoms with Crippen LogP contribution in [-0.4, -0.2) is 51.8 Å². The van der Waals surface area contributed by atoms with Crippen LogP contribution in [0.25, 0.3) is 0 Å². The van der Waals surface area contributed by atoms with E-state index in [4.69, 9.17) is 15.1 Å². The van der Waals surface area contributed by atoms with E-state index in [2.05, 4.69) is 5.48 Å². The van der Waals surface area contributed by atoms with E-state index in [0.717, 1.165) is 4.90 Å². The van der Waals surface area contributed by atoms with Crippen LogP contribution in [0, 0.1) is 0 Å². The van der Waals surface area contributed by atoms with Gasteiger partial charge in [0.1, 0.15) is 12.1 Å². The molecule has 1 aromatic rings. The summed E-state index contributed by atoms with van der Waals surface area (Å²) in [4.78, 5) is 39.6. The largest absolute Gasteiger partial charge is 0.480 e. The van der Waals surface area contributed by atoms with Crippen molar-refractivity contribution in [2.24, 2.45) is 0 Å². The highest BCUT2D eigenvalue weighted by Crippen LogP contribution is 2.20. The van der Waals surface area contributed by atoms with Gasteiger partial charge in [-0.15, -0.1) is 0 Å². The molecule has 8 heteroatoms. The minimum absolute atomic E-state index is 0.0172. The summed E-state index contributed by atoms with van der Waals surface area (Å²) in [6.45, 7) is -0.110. The van der Waals surface area contributed by atoms with Crippen LogP contribution in [0.15, 0.2) is 30.3 Å². The zero-order valence-electron chi connectivity index (χ0n) is 10.9. The number of nitrogens with zero attached hydrogens (tertiary/aromatic N) is 1. The number of aliphatic carboxylic acids is 1. The van der Waals surface area contributed by atoms with Crippen LogP contribution in [0.2, 0.25) is 0 Å². The smallest absolute Gasteiger partial charge is 0.408 e. The van der Waals surface area contributed by atoms with Gasteiger partial charge < -0.3 is 10.2 Å². The number of carboxylic acid groups (broad SMARTS) is 2. The summed E-state index contributed by atoms with van der Waals surface area (Å²) in [7, 11) is 0. The highest BCUT2D eigenvalue weighted by atomic mass is 16.7. The van der Waals surface area contributed by atoms with Crippen molar-refractivity contribution in [2.75, 3.05) is 6.54 Å². The fraction of sp³-hybridized carbons (Fsp3) is 0.308. The van der Waals surface area contributed by atoms with Crippen molar-refractivity contribution >= 4 is 18.0 Å². The zero-order valence-corrected chi connectivity index (χ0v) is 10.9. The molecule has 3 N–H and O–H groups in total. The Morgan fingerprint density at radius 2 is 1.86 bits per heavy atom. The number of carbonyl (C=O) groups excluding carboxylic acids is 1. The molecule has 112 valence electrons. The molecule has 1 aliphatic heterocycles. The molecular formula is C13H14N2O6. The average Bonchev–Trinajstić information content (AvgIpc) is 2.90. The summed E-state index contributed by atoms with van der Waals surface area (Å²) in [6, 6.07) is 7.17. The molecule has 0 aromatic heterocycles. The quantitative estimate of drug-likeness (QED) is 0.698. The number of likely N-dealkylation sites (tertiary alicyclic amines) is 1. The molecule has 0 aliphatic carbocycles. The molecule has 21 heavy (non-hydrogen) atoms. The average molecular weight is 294 g/mol. The van der Waals surface area contributed by atoms with E-state index in [1.165, 1.54) is 0 Å². The van der Waals surface area contributed by atoms with Gasteiger partial charge in [-0.1, -0.05) is 18.2 Å². The summed E-state index contributed by atoms with van der Waals surface area (Å²) in [5, 5.41) is 17.9. The van der Waals surface area contributed by atoms with Crippen LogP contribution >= 0.6 is 0 Å². The van der Waals surface area contributed by atoms with Gasteiger partial charge in [-0.2, -0.15) is 0 Å². The Morgan fingerprint density at radius 3 is 2.38 bits per heavy atom. The number of hydroxylamine groups is 1. The second-order valence-electron chi connectivity index (χ2n) is 4.56. The van der Waals surface area contributed by atoms with Crippen molar-refractivity contribution < 1.29 is 29.4 Å². The summed E-state index contributed by atoms with van der Waals surface area (Å²) in [5.41, 5.74) is 2.60. The third-order valence-electron chi connectivity index (χ3n) is 3.15. The maximum Gasteiger partial charge on any atom is 0.408 e. The van der Waals surface area contributed by atoms with Gasteiger partial charge in [0.15, 0.2) is 0 Å². The molecule has 2 amide bonds. The number of carbonyl (C=O) groups is 3. The number of amides is 2. The normalized spacial score (nSPS) is 21.0. The van der Waals surface area contributed by atoms with E-state index in [1.807, 2.05) is 0 Å². The van der Waals surface area contributed by atoms with E-state index in [1.54, 1.807) is 30.3 Å². The molecule has 8 nitrogen and oxygen atoms in total. The molecule has 0 bridgehead atoms. The molecule has 0 spiro atoms. The molecule has 1 aromatic carbocycles. The molecule has 1 fully saturated rings. The van der Waals surface area contributed by atoms with Gasteiger partial charge in [0.05, 0.1) is 6.54 Å². The van der Waals surface area contributed by atoms with E-state index in [0.29, 0.717) is 5.56 Å². The topological polar surface area (TPSA) is 116 Å². The minimum Gasteiger partial charge on any atom is -0.480 e. The molecule has 2 atom stereocenters. The predicted octanol–water partition coefficient (Wildman–Crippen LogP) is 0.554. The summed E-state index contributed by atoms with van der Waals surface area (Å²) >= 11 is 0. The fourth-order valence-corrected chi connectivity index (χ4v) is 2.11. The van der Waals surface area contributed by atoms with Crippen molar-refractivity contribution in [2.45, 2.75) is 18.6 Å². The molecule has 0 unspecified atom stereocenters. The molecule has 1 heterocycles. The molecular weight excluding hydrogens is 280 g/mol. The van der Waals surface area contributed by atoms with Crippen molar-refractivity contribution in [3.63, 3.8) is 0 Å². The van der Waals surface area contributed by atoms with Crippen LogP contribution in [0.1, 0.15) is 16.8 Å². The van der Waals surface area contributed by atoms with Gasteiger partial charge in [0.25, 0.3) is 5.91 Å². The standard InChI is InChI=1S/C13H14N2O6/c16-11(8-4-2-1-3-5-8)14-21-9-6-10(12(17)18)15(7-9)13(19)20/h1-5,9-10H,6-7H2,(H,14,16)(H,17,18)(H,19,20)/t9-,10+/m0/s1. The van der Waals surface area contributed by atoms with Crippen molar-refractivity contribution in [1.29, 1.82) is 0 Å². The molecule has 1 saturated heterocycles. The maximum atomic E-state index is 11.7. The first-order valence-corrected chi connectivity index (χ1v) is 6.22. The number of hydrogen-bond acceptors (Lipinski definition) is 4. The first-order chi connectivity index (χ1) is 9.99. The monoisotopic (exact) mass is 294 g/mol. The maximum absolute atomic E-state index is 11.7. The van der Waals surface area contributed by atoms with E-state index in [-0.39, 0.29) is 13.0 Å². The predicted molar refractivity (Wildman–Crippen MR) is 69.6 cm³/mol. The van der Waals surface area contributed by atoms with Gasteiger partial charge in [-0.05, 0) is 12.1 Å². The van der Waals surface area contributed by atoms with Gasteiger partial charge in [-0.25, -0.2) is 15.1 Å². The Hall–Kier alpha value is -2.61. The SMILES string of the molecule is O=C(NO[C@H]1C[C@H](C(=O)O)N(C(=O)O)C1)c1ccccc1. The Labute approximate surface area is 119 Å². The van der Waals surface area contributed by atoms with Gasteiger partial charge >= 0.3 is 12.1 Å². The third-order valence-corrected chi connectivity index (χ3v) is 3.15. The van der Waals surface area contributed by atoms with Crippen LogP contribution in [-0.2, 0) is 9.63 Å². The van der Waals surface area contributed by atoms with Gasteiger partial charge in [0.2, 0.25) is 0 Å². The second-order valence-corrected chi connectivity index (χ2v) is 4.56. The van der Waals surface area contributed by atoms with Crippen molar-refractivity contribution in [3.05, 3.63) is 35.9 Å². The van der Waals surface area contributed by atoms with Crippen molar-refractivity contribution in [1.82, 2.24) is 10.4 Å². The lowest BCUT2D eigenvalue weighted by Gasteiger charge is -2.16. The number of rotatable bonds is 4. The Morgan fingerprint density at radius 1 is 1.19 bits per heavy atom. The number of carboxylic acids is 1. The molecule has 1 aliphatic rings. The van der Waals surface area contributed by atoms with Gasteiger partial charge in [0, 0.05) is 12.0 Å². The highest BCUT2D eigenvalue weighted by molar-refractivity contribution is 5.93. The molecule has 0 saturated carbocycles. The second kappa shape index (κ2) is 6.23. The molecule has 2 rings (SSSR count). The number of benzene rings is 1. The Kier molecular flexibility index (Phi) is 4.39. The number of hydrogen-bond donors (Lipinski definition) is 3. The minimum atomic E-state index is -1.33. The highest BCUT2D eigenvalue weighted by Gasteiger charge is 2.40. The van der Waals surface area contributed by atoms with E-state index in [9.17, 15) is 14.4 Å². The number of nitrogens with one attached hydrogen (secondary N) is 1. The first-order valence-electron chi connectivity index (χ1n) is 6.22. The Bertz CT molecular complexity index is 525. The summed E-state index contributed by atoms with van der Waals surface area (Å²) in [5.74, 6) is -1.71. The van der Waals surface area contributed by atoms with E-state index < -0.39 is 30.1 Å². The van der Waals surface area contributed by atoms with Crippen LogP contribution in [0.5, 0.6) is 0 Å². The van der Waals surface area contributed by atoms with Crippen LogP contribution < -0.4 is 5.48 Å². The fourth-order valence-electron chi connectivity index (χ4n) is 2.11. The van der Waals surface area contributed by atoms with Crippen molar-refractivity contribution in [3.8, 4) is 0 Å². The van der Waals surface area contributed by atoms with Crippen LogP contribution in [0.4, 0.5) is 4.79 Å². The van der Waals surface area contributed by atoms with Gasteiger partial charge in [-0.3, -0.25) is 14.5 Å². The molecule has 0 radical (unpaired) electrons. The lowest BCUT2D eigenvalue weighted by molar-refractivity contribution is -0.141. The zero-order chi connectivity index (χ0) is 15.4. The Balaban J connectivity index is 1.91. The summed E-state index contributed by atoms with van der Waals surface area (Å²) in [6.07, 6.45) is -2.05. The first kappa shape index (κ1) is 14.8. The lowest BCUT2D eigenvalue weighted by Crippen LogP contribution is -2.39. The summed E-state index contributed by atoms with van der Waals surface area (Å²) < 4.78 is 0. The van der Waals surface area contributed by atoms with Crippen LogP contribution in [0.3, 0.4) is 0 Å². The lowest BCUT2D eigenvalue weighted by atomic mass is 10.2.